The fraction of sp³-hybridized carbons (Fsp3) is 0.423. The fourth-order valence-electron chi connectivity index (χ4n) is 4.44. The molecular formula is C26H33N5O4. The van der Waals surface area contributed by atoms with Gasteiger partial charge >= 0.3 is 6.03 Å². The number of para-hydroxylation sites is 1. The first-order valence-electron chi connectivity index (χ1n) is 12.1. The third-order valence-corrected chi connectivity index (χ3v) is 6.44. The number of nitrogens with zero attached hydrogens (tertiary/aromatic N) is 3. The van der Waals surface area contributed by atoms with Crippen LogP contribution in [-0.4, -0.2) is 80.6 Å². The smallest absolute Gasteiger partial charge is 0.321 e. The Kier molecular flexibility index (Phi) is 8.20. The Morgan fingerprint density at radius 3 is 2.17 bits per heavy atom. The van der Waals surface area contributed by atoms with Crippen LogP contribution in [0.4, 0.5) is 21.9 Å². The zero-order valence-electron chi connectivity index (χ0n) is 20.1. The van der Waals surface area contributed by atoms with Crippen molar-refractivity contribution >= 4 is 34.9 Å². The van der Waals surface area contributed by atoms with Crippen LogP contribution in [0.5, 0.6) is 0 Å². The summed E-state index contributed by atoms with van der Waals surface area (Å²) in [5.41, 5.74) is 2.55. The lowest BCUT2D eigenvalue weighted by Crippen LogP contribution is -2.46. The number of ether oxygens (including phenoxy) is 1. The summed E-state index contributed by atoms with van der Waals surface area (Å²) in [7, 11) is 1.65. The van der Waals surface area contributed by atoms with Crippen molar-refractivity contribution in [2.75, 3.05) is 68.5 Å². The maximum atomic E-state index is 12.9. The first kappa shape index (κ1) is 24.5. The Balaban J connectivity index is 1.20. The van der Waals surface area contributed by atoms with Crippen LogP contribution >= 0.6 is 0 Å². The molecule has 35 heavy (non-hydrogen) atoms. The number of piperidine rings is 1. The molecule has 2 aromatic rings. The van der Waals surface area contributed by atoms with Crippen molar-refractivity contribution < 1.29 is 19.1 Å². The Morgan fingerprint density at radius 2 is 1.51 bits per heavy atom. The van der Waals surface area contributed by atoms with Gasteiger partial charge in [0.05, 0.1) is 19.8 Å². The van der Waals surface area contributed by atoms with Crippen LogP contribution in [0.2, 0.25) is 0 Å². The van der Waals surface area contributed by atoms with Crippen LogP contribution in [0.15, 0.2) is 54.6 Å². The lowest BCUT2D eigenvalue weighted by atomic mass is 9.95. The van der Waals surface area contributed by atoms with Crippen molar-refractivity contribution in [1.29, 1.82) is 0 Å². The van der Waals surface area contributed by atoms with E-state index in [1.165, 1.54) is 4.90 Å². The Hall–Kier alpha value is -3.59. The molecule has 4 amide bonds. The summed E-state index contributed by atoms with van der Waals surface area (Å²) in [5, 5.41) is 5.75. The Bertz CT molecular complexity index is 1000. The number of morpholine rings is 1. The van der Waals surface area contributed by atoms with E-state index in [4.69, 9.17) is 4.74 Å². The molecule has 2 fully saturated rings. The fourth-order valence-corrected chi connectivity index (χ4v) is 4.44. The molecule has 2 N–H and O–H groups in total. The molecule has 0 unspecified atom stereocenters. The van der Waals surface area contributed by atoms with E-state index in [9.17, 15) is 14.4 Å². The van der Waals surface area contributed by atoms with Crippen LogP contribution in [0.1, 0.15) is 12.8 Å². The van der Waals surface area contributed by atoms with E-state index in [0.29, 0.717) is 31.6 Å². The number of likely N-dealkylation sites (tertiary alicyclic amines) is 1. The molecule has 4 rings (SSSR count). The van der Waals surface area contributed by atoms with Crippen molar-refractivity contribution in [2.45, 2.75) is 12.8 Å². The molecule has 2 heterocycles. The number of benzene rings is 2. The van der Waals surface area contributed by atoms with Crippen molar-refractivity contribution in [3.63, 3.8) is 0 Å². The van der Waals surface area contributed by atoms with E-state index in [1.807, 2.05) is 54.6 Å². The molecule has 9 nitrogen and oxygen atoms in total. The highest BCUT2D eigenvalue weighted by atomic mass is 16.5. The highest BCUT2D eigenvalue weighted by Crippen LogP contribution is 2.21. The van der Waals surface area contributed by atoms with E-state index in [2.05, 4.69) is 15.5 Å². The standard InChI is InChI=1S/C26H33N5O4/c1-29(19-24(32)27-22-7-9-23(10-8-22)30-15-17-35-18-16-30)25(33)20-11-13-31(14-12-20)26(34)28-21-5-3-2-4-6-21/h2-10,20H,11-19H2,1H3,(H,27,32)(H,28,34). The summed E-state index contributed by atoms with van der Waals surface area (Å²) in [4.78, 5) is 43.3. The second-order valence-corrected chi connectivity index (χ2v) is 8.95. The number of nitrogens with one attached hydrogen (secondary N) is 2. The van der Waals surface area contributed by atoms with Crippen LogP contribution in [0, 0.1) is 5.92 Å². The van der Waals surface area contributed by atoms with Gasteiger partial charge in [-0.3, -0.25) is 9.59 Å². The summed E-state index contributed by atoms with van der Waals surface area (Å²) in [6.45, 7) is 4.15. The molecule has 2 aromatic carbocycles. The number of anilines is 3. The van der Waals surface area contributed by atoms with Gasteiger partial charge in [-0.25, -0.2) is 4.79 Å². The van der Waals surface area contributed by atoms with Gasteiger partial charge in [0.15, 0.2) is 0 Å². The molecule has 2 aliphatic rings. The monoisotopic (exact) mass is 479 g/mol. The van der Waals surface area contributed by atoms with Gasteiger partial charge in [-0.2, -0.15) is 0 Å². The largest absolute Gasteiger partial charge is 0.378 e. The molecule has 2 aliphatic heterocycles. The number of hydrogen-bond donors (Lipinski definition) is 2. The third kappa shape index (κ3) is 6.73. The van der Waals surface area contributed by atoms with Gasteiger partial charge in [-0.1, -0.05) is 18.2 Å². The van der Waals surface area contributed by atoms with Gasteiger partial charge in [0, 0.05) is 56.2 Å². The summed E-state index contributed by atoms with van der Waals surface area (Å²) in [6.07, 6.45) is 1.16. The summed E-state index contributed by atoms with van der Waals surface area (Å²) in [6, 6.07) is 16.9. The van der Waals surface area contributed by atoms with E-state index in [-0.39, 0.29) is 30.3 Å². The topological polar surface area (TPSA) is 94.2 Å². The molecule has 9 heteroatoms. The number of carbonyl (C=O) groups excluding carboxylic acids is 3. The van der Waals surface area contributed by atoms with Gasteiger partial charge in [0.25, 0.3) is 0 Å². The second-order valence-electron chi connectivity index (χ2n) is 8.95. The lowest BCUT2D eigenvalue weighted by Gasteiger charge is -2.33. The van der Waals surface area contributed by atoms with Crippen molar-refractivity contribution in [3.8, 4) is 0 Å². The molecule has 0 atom stereocenters. The van der Waals surface area contributed by atoms with Crippen molar-refractivity contribution in [2.24, 2.45) is 5.92 Å². The number of urea groups is 1. The first-order valence-corrected chi connectivity index (χ1v) is 12.1. The summed E-state index contributed by atoms with van der Waals surface area (Å²) < 4.78 is 5.38. The predicted octanol–water partition coefficient (Wildman–Crippen LogP) is 2.86. The highest BCUT2D eigenvalue weighted by molar-refractivity contribution is 5.95. The minimum Gasteiger partial charge on any atom is -0.378 e. The number of hydrogen-bond acceptors (Lipinski definition) is 5. The maximum Gasteiger partial charge on any atom is 0.321 e. The van der Waals surface area contributed by atoms with Gasteiger partial charge in [-0.15, -0.1) is 0 Å². The molecule has 0 aromatic heterocycles. The Labute approximate surface area is 206 Å². The normalized spacial score (nSPS) is 16.5. The number of rotatable bonds is 6. The van der Waals surface area contributed by atoms with E-state index < -0.39 is 0 Å². The van der Waals surface area contributed by atoms with E-state index in [0.717, 1.165) is 37.7 Å². The number of carbonyl (C=O) groups is 3. The van der Waals surface area contributed by atoms with Crippen molar-refractivity contribution in [3.05, 3.63) is 54.6 Å². The average Bonchev–Trinajstić information content (AvgIpc) is 2.90. The average molecular weight is 480 g/mol. The van der Waals surface area contributed by atoms with Crippen LogP contribution < -0.4 is 15.5 Å². The molecule has 2 saturated heterocycles. The van der Waals surface area contributed by atoms with Crippen molar-refractivity contribution in [1.82, 2.24) is 9.80 Å². The third-order valence-electron chi connectivity index (χ3n) is 6.44. The predicted molar refractivity (Wildman–Crippen MR) is 135 cm³/mol. The van der Waals surface area contributed by atoms with Crippen LogP contribution in [0.25, 0.3) is 0 Å². The molecular weight excluding hydrogens is 446 g/mol. The zero-order chi connectivity index (χ0) is 24.6. The number of amides is 4. The van der Waals surface area contributed by atoms with E-state index >= 15 is 0 Å². The molecule has 0 bridgehead atoms. The number of likely N-dealkylation sites (N-methyl/N-ethyl adjacent to an activating group) is 1. The van der Waals surface area contributed by atoms with Crippen LogP contribution in [-0.2, 0) is 14.3 Å². The quantitative estimate of drug-likeness (QED) is 0.665. The molecule has 0 radical (unpaired) electrons. The minimum atomic E-state index is -0.236. The molecule has 186 valence electrons. The SMILES string of the molecule is CN(CC(=O)Nc1ccc(N2CCOCC2)cc1)C(=O)C1CCN(C(=O)Nc2ccccc2)CC1. The lowest BCUT2D eigenvalue weighted by molar-refractivity contribution is -0.138. The van der Waals surface area contributed by atoms with Gasteiger partial charge in [0.2, 0.25) is 11.8 Å². The van der Waals surface area contributed by atoms with Gasteiger partial charge in [-0.05, 0) is 49.2 Å². The van der Waals surface area contributed by atoms with Gasteiger partial charge in [0.1, 0.15) is 0 Å². The maximum absolute atomic E-state index is 12.9. The Morgan fingerprint density at radius 1 is 0.886 bits per heavy atom. The van der Waals surface area contributed by atoms with Crippen LogP contribution in [0.3, 0.4) is 0 Å². The first-order chi connectivity index (χ1) is 17.0. The second kappa shape index (κ2) is 11.7. The van der Waals surface area contributed by atoms with E-state index in [1.54, 1.807) is 11.9 Å². The molecule has 0 aliphatic carbocycles. The highest BCUT2D eigenvalue weighted by Gasteiger charge is 2.29. The summed E-state index contributed by atoms with van der Waals surface area (Å²) in [5.74, 6) is -0.494. The zero-order valence-corrected chi connectivity index (χ0v) is 20.1. The van der Waals surface area contributed by atoms with Gasteiger partial charge < -0.3 is 30.1 Å². The molecule has 0 spiro atoms. The summed E-state index contributed by atoms with van der Waals surface area (Å²) >= 11 is 0. The minimum absolute atomic E-state index is 0.0151. The molecule has 0 saturated carbocycles.